The van der Waals surface area contributed by atoms with E-state index in [0.717, 1.165) is 23.5 Å². The molecule has 1 aliphatic rings. The number of nitrogens with zero attached hydrogens (tertiary/aromatic N) is 1. The molecule has 27 heavy (non-hydrogen) atoms. The van der Waals surface area contributed by atoms with Crippen LogP contribution in [0.5, 0.6) is 0 Å². The minimum atomic E-state index is 0. The van der Waals surface area contributed by atoms with E-state index in [9.17, 15) is 4.79 Å². The number of thioether (sulfide) groups is 1. The van der Waals surface area contributed by atoms with Gasteiger partial charge in [0.15, 0.2) is 0 Å². The second kappa shape index (κ2) is 10.0. The van der Waals surface area contributed by atoms with Gasteiger partial charge in [-0.05, 0) is 49.2 Å². The molecule has 6 heteroatoms. The van der Waals surface area contributed by atoms with E-state index >= 15 is 0 Å². The Morgan fingerprint density at radius 2 is 1.93 bits per heavy atom. The van der Waals surface area contributed by atoms with E-state index in [1.54, 1.807) is 11.8 Å². The Morgan fingerprint density at radius 3 is 2.59 bits per heavy atom. The largest absolute Gasteiger partial charge is 0.378 e. The minimum Gasteiger partial charge on any atom is -0.378 e. The Bertz CT molecular complexity index is 753. The number of anilines is 2. The lowest BCUT2D eigenvalue weighted by atomic mass is 9.91. The van der Waals surface area contributed by atoms with Gasteiger partial charge in [-0.15, -0.1) is 24.2 Å². The van der Waals surface area contributed by atoms with Gasteiger partial charge in [0.2, 0.25) is 5.91 Å². The van der Waals surface area contributed by atoms with Crippen molar-refractivity contribution < 1.29 is 4.79 Å². The number of carbonyl (C=O) groups excluding carboxylic acids is 1. The van der Waals surface area contributed by atoms with Gasteiger partial charge >= 0.3 is 0 Å². The summed E-state index contributed by atoms with van der Waals surface area (Å²) in [6.07, 6.45) is 1.42. The van der Waals surface area contributed by atoms with Crippen LogP contribution in [0, 0.1) is 0 Å². The first-order chi connectivity index (χ1) is 12.6. The van der Waals surface area contributed by atoms with Gasteiger partial charge in [0, 0.05) is 41.0 Å². The van der Waals surface area contributed by atoms with Gasteiger partial charge in [0.25, 0.3) is 0 Å². The summed E-state index contributed by atoms with van der Waals surface area (Å²) < 4.78 is 0. The molecule has 1 amide bonds. The third-order valence-electron chi connectivity index (χ3n) is 4.74. The number of benzene rings is 2. The van der Waals surface area contributed by atoms with Crippen molar-refractivity contribution in [3.8, 4) is 0 Å². The molecular weight excluding hydrogens is 378 g/mol. The van der Waals surface area contributed by atoms with Crippen LogP contribution in [-0.4, -0.2) is 24.2 Å². The van der Waals surface area contributed by atoms with Gasteiger partial charge in [0.1, 0.15) is 0 Å². The number of halogens is 1. The Kier molecular flexibility index (Phi) is 8.02. The van der Waals surface area contributed by atoms with Crippen molar-refractivity contribution in [2.24, 2.45) is 5.73 Å². The summed E-state index contributed by atoms with van der Waals surface area (Å²) in [4.78, 5) is 15.6. The molecule has 2 atom stereocenters. The second-order valence-electron chi connectivity index (χ2n) is 6.62. The third-order valence-corrected chi connectivity index (χ3v) is 5.79. The average molecular weight is 406 g/mol. The molecule has 0 spiro atoms. The highest BCUT2D eigenvalue weighted by Gasteiger charge is 2.32. The molecule has 0 saturated heterocycles. The van der Waals surface area contributed by atoms with Gasteiger partial charge in [-0.3, -0.25) is 4.79 Å². The summed E-state index contributed by atoms with van der Waals surface area (Å²) in [5, 5.41) is 3.66. The lowest BCUT2D eigenvalue weighted by Gasteiger charge is -2.40. The number of hydrogen-bond donors (Lipinski definition) is 2. The van der Waals surface area contributed by atoms with Crippen LogP contribution in [0.25, 0.3) is 0 Å². The Hall–Kier alpha value is -1.69. The number of para-hydroxylation sites is 1. The van der Waals surface area contributed by atoms with E-state index in [4.69, 9.17) is 5.73 Å². The molecule has 1 aliphatic heterocycles. The molecule has 0 saturated carbocycles. The van der Waals surface area contributed by atoms with Crippen molar-refractivity contribution in [2.45, 2.75) is 43.7 Å². The average Bonchev–Trinajstić information content (AvgIpc) is 2.67. The molecule has 3 rings (SSSR count). The lowest BCUT2D eigenvalue weighted by Crippen LogP contribution is -2.44. The van der Waals surface area contributed by atoms with E-state index in [0.29, 0.717) is 13.0 Å². The Balaban J connectivity index is 0.00000261. The van der Waals surface area contributed by atoms with Crippen LogP contribution in [0.15, 0.2) is 53.4 Å². The normalized spacial score (nSPS) is 18.4. The quantitative estimate of drug-likeness (QED) is 0.674. The zero-order valence-corrected chi connectivity index (χ0v) is 17.5. The van der Waals surface area contributed by atoms with Crippen molar-refractivity contribution in [3.05, 3.63) is 54.1 Å². The van der Waals surface area contributed by atoms with Crippen LogP contribution in [0.3, 0.4) is 0 Å². The zero-order valence-electron chi connectivity index (χ0n) is 15.9. The maximum atomic E-state index is 12.4. The standard InChI is InChI=1S/C21H27N3OS.ClH/c1-3-21(25)24-15(2)14-19(18-6-4-5-7-20(18)24)23-16-8-10-17(11-9-16)26-13-12-22;/h4-11,15,19,23H,3,12-14,22H2,1-2H3;1H/t15-,19+;/m0./s1. The molecule has 0 bridgehead atoms. The van der Waals surface area contributed by atoms with Crippen LogP contribution < -0.4 is 16.0 Å². The zero-order chi connectivity index (χ0) is 18.5. The highest BCUT2D eigenvalue weighted by atomic mass is 35.5. The molecule has 4 nitrogen and oxygen atoms in total. The number of amides is 1. The van der Waals surface area contributed by atoms with Gasteiger partial charge < -0.3 is 16.0 Å². The van der Waals surface area contributed by atoms with Crippen molar-refractivity contribution in [1.82, 2.24) is 0 Å². The first kappa shape index (κ1) is 21.6. The van der Waals surface area contributed by atoms with E-state index < -0.39 is 0 Å². The first-order valence-electron chi connectivity index (χ1n) is 9.24. The van der Waals surface area contributed by atoms with Crippen molar-refractivity contribution in [2.75, 3.05) is 22.5 Å². The lowest BCUT2D eigenvalue weighted by molar-refractivity contribution is -0.118. The van der Waals surface area contributed by atoms with E-state index in [2.05, 4.69) is 48.6 Å². The summed E-state index contributed by atoms with van der Waals surface area (Å²) in [5.41, 5.74) is 8.89. The van der Waals surface area contributed by atoms with Crippen LogP contribution >= 0.6 is 24.2 Å². The van der Waals surface area contributed by atoms with Crippen LogP contribution in [0.2, 0.25) is 0 Å². The first-order valence-corrected chi connectivity index (χ1v) is 10.2. The monoisotopic (exact) mass is 405 g/mol. The number of hydrogen-bond acceptors (Lipinski definition) is 4. The molecule has 0 aromatic heterocycles. The number of nitrogens with two attached hydrogens (primary N) is 1. The summed E-state index contributed by atoms with van der Waals surface area (Å²) >= 11 is 1.77. The molecule has 3 N–H and O–H groups in total. The van der Waals surface area contributed by atoms with Gasteiger partial charge in [-0.2, -0.15) is 0 Å². The van der Waals surface area contributed by atoms with Gasteiger partial charge in [-0.25, -0.2) is 0 Å². The molecule has 0 unspecified atom stereocenters. The van der Waals surface area contributed by atoms with Gasteiger partial charge in [-0.1, -0.05) is 25.1 Å². The SMILES string of the molecule is CCC(=O)N1c2ccccc2[C@H](Nc2ccc(SCCN)cc2)C[C@@H]1C.Cl. The number of carbonyl (C=O) groups is 1. The molecule has 1 heterocycles. The summed E-state index contributed by atoms with van der Waals surface area (Å²) in [6.45, 7) is 4.74. The molecule has 2 aromatic rings. The molecule has 0 radical (unpaired) electrons. The third kappa shape index (κ3) is 4.98. The maximum Gasteiger partial charge on any atom is 0.226 e. The molecule has 0 fully saturated rings. The fourth-order valence-corrected chi connectivity index (χ4v) is 4.21. The Morgan fingerprint density at radius 1 is 1.22 bits per heavy atom. The van der Waals surface area contributed by atoms with Gasteiger partial charge in [0.05, 0.1) is 6.04 Å². The van der Waals surface area contributed by atoms with E-state index in [1.807, 2.05) is 24.0 Å². The molecule has 0 aliphatic carbocycles. The fraction of sp³-hybridized carbons (Fsp3) is 0.381. The highest BCUT2D eigenvalue weighted by molar-refractivity contribution is 7.99. The maximum absolute atomic E-state index is 12.4. The number of fused-ring (bicyclic) bond motifs is 1. The summed E-state index contributed by atoms with van der Waals surface area (Å²) in [5.74, 6) is 1.12. The number of nitrogens with one attached hydrogen (secondary N) is 1. The van der Waals surface area contributed by atoms with Crippen molar-refractivity contribution in [1.29, 1.82) is 0 Å². The highest BCUT2D eigenvalue weighted by Crippen LogP contribution is 2.39. The summed E-state index contributed by atoms with van der Waals surface area (Å²) in [6, 6.07) is 17.1. The summed E-state index contributed by atoms with van der Waals surface area (Å²) in [7, 11) is 0. The minimum absolute atomic E-state index is 0. The van der Waals surface area contributed by atoms with Crippen molar-refractivity contribution >= 4 is 41.5 Å². The van der Waals surface area contributed by atoms with Crippen LogP contribution in [0.4, 0.5) is 11.4 Å². The smallest absolute Gasteiger partial charge is 0.226 e. The predicted molar refractivity (Wildman–Crippen MR) is 118 cm³/mol. The van der Waals surface area contributed by atoms with Crippen molar-refractivity contribution in [3.63, 3.8) is 0 Å². The molecule has 146 valence electrons. The predicted octanol–water partition coefficient (Wildman–Crippen LogP) is 4.85. The fourth-order valence-electron chi connectivity index (χ4n) is 3.53. The molecular formula is C21H28ClN3OS. The van der Waals surface area contributed by atoms with E-state index in [-0.39, 0.29) is 30.4 Å². The topological polar surface area (TPSA) is 58.4 Å². The second-order valence-corrected chi connectivity index (χ2v) is 7.79. The number of rotatable bonds is 6. The molecule has 2 aromatic carbocycles. The Labute approximate surface area is 172 Å². The van der Waals surface area contributed by atoms with Crippen LogP contribution in [0.1, 0.15) is 38.3 Å². The van der Waals surface area contributed by atoms with E-state index in [1.165, 1.54) is 10.5 Å². The van der Waals surface area contributed by atoms with Crippen LogP contribution in [-0.2, 0) is 4.79 Å².